The van der Waals surface area contributed by atoms with E-state index < -0.39 is 10.0 Å². The van der Waals surface area contributed by atoms with E-state index in [1.54, 1.807) is 11.2 Å². The molecule has 2 heterocycles. The molecule has 6 nitrogen and oxygen atoms in total. The van der Waals surface area contributed by atoms with Crippen molar-refractivity contribution in [1.29, 1.82) is 0 Å². The van der Waals surface area contributed by atoms with Gasteiger partial charge < -0.3 is 5.32 Å². The molecule has 2 rings (SSSR count). The molecule has 1 aromatic rings. The fourth-order valence-electron chi connectivity index (χ4n) is 2.87. The van der Waals surface area contributed by atoms with Crippen molar-refractivity contribution in [1.82, 2.24) is 19.4 Å². The van der Waals surface area contributed by atoms with Crippen molar-refractivity contribution in [3.05, 3.63) is 11.4 Å². The van der Waals surface area contributed by atoms with E-state index in [1.165, 1.54) is 0 Å². The third-order valence-electron chi connectivity index (χ3n) is 3.86. The lowest BCUT2D eigenvalue weighted by Gasteiger charge is -2.32. The van der Waals surface area contributed by atoms with Crippen molar-refractivity contribution in [3.63, 3.8) is 0 Å². The summed E-state index contributed by atoms with van der Waals surface area (Å²) in [6.07, 6.45) is 0. The number of nitrogens with one attached hydrogen (secondary N) is 1. The van der Waals surface area contributed by atoms with Crippen molar-refractivity contribution in [2.75, 3.05) is 19.6 Å². The predicted octanol–water partition coefficient (Wildman–Crippen LogP) is 1.14. The first-order valence-electron chi connectivity index (χ1n) is 7.51. The van der Waals surface area contributed by atoms with Crippen LogP contribution in [0.4, 0.5) is 0 Å². The van der Waals surface area contributed by atoms with E-state index in [-0.39, 0.29) is 6.04 Å². The Labute approximate surface area is 127 Å². The topological polar surface area (TPSA) is 67.2 Å². The highest BCUT2D eigenvalue weighted by molar-refractivity contribution is 7.89. The van der Waals surface area contributed by atoms with Gasteiger partial charge in [0.05, 0.1) is 11.4 Å². The smallest absolute Gasteiger partial charge is 0.247 e. The molecule has 1 unspecified atom stereocenters. The Balaban J connectivity index is 2.42. The number of piperazine rings is 1. The summed E-state index contributed by atoms with van der Waals surface area (Å²) >= 11 is 0. The highest BCUT2D eigenvalue weighted by atomic mass is 32.2. The average molecular weight is 314 g/mol. The molecule has 1 fully saturated rings. The van der Waals surface area contributed by atoms with E-state index in [1.807, 2.05) is 18.5 Å². The van der Waals surface area contributed by atoms with E-state index >= 15 is 0 Å². The Kier molecular flexibility index (Phi) is 4.75. The van der Waals surface area contributed by atoms with Crippen LogP contribution in [0.2, 0.25) is 0 Å². The van der Waals surface area contributed by atoms with Crippen molar-refractivity contribution in [2.24, 2.45) is 5.92 Å². The molecule has 0 bridgehead atoms. The molecule has 21 heavy (non-hydrogen) atoms. The van der Waals surface area contributed by atoms with Gasteiger partial charge in [0, 0.05) is 32.2 Å². The van der Waals surface area contributed by atoms with Gasteiger partial charge >= 0.3 is 0 Å². The van der Waals surface area contributed by atoms with Gasteiger partial charge in [0.2, 0.25) is 10.0 Å². The normalized spacial score (nSPS) is 21.1. The minimum Gasteiger partial charge on any atom is -0.314 e. The molecule has 1 saturated heterocycles. The molecule has 1 atom stereocenters. The largest absolute Gasteiger partial charge is 0.314 e. The lowest BCUT2D eigenvalue weighted by atomic mass is 10.2. The Hall–Kier alpha value is -0.920. The van der Waals surface area contributed by atoms with Crippen LogP contribution in [0, 0.1) is 19.8 Å². The molecule has 0 saturated carbocycles. The summed E-state index contributed by atoms with van der Waals surface area (Å²) in [4.78, 5) is 0.386. The zero-order chi connectivity index (χ0) is 15.8. The molecule has 1 aliphatic rings. The molecule has 0 radical (unpaired) electrons. The van der Waals surface area contributed by atoms with Gasteiger partial charge in [-0.3, -0.25) is 4.68 Å². The SMILES string of the molecule is Cc1nn(CC(C)C)c(C)c1S(=O)(=O)N1CCNCC1C. The van der Waals surface area contributed by atoms with Gasteiger partial charge in [0.1, 0.15) is 4.90 Å². The van der Waals surface area contributed by atoms with E-state index in [0.29, 0.717) is 36.1 Å². The molecule has 1 aliphatic heterocycles. The molecule has 120 valence electrons. The third kappa shape index (κ3) is 3.14. The predicted molar refractivity (Wildman–Crippen MR) is 82.8 cm³/mol. The summed E-state index contributed by atoms with van der Waals surface area (Å²) in [6.45, 7) is 12.4. The Morgan fingerprint density at radius 1 is 1.38 bits per heavy atom. The first kappa shape index (κ1) is 16.5. The number of hydrogen-bond donors (Lipinski definition) is 1. The highest BCUT2D eigenvalue weighted by Gasteiger charge is 2.35. The van der Waals surface area contributed by atoms with Gasteiger partial charge in [-0.05, 0) is 26.7 Å². The molecule has 1 aromatic heterocycles. The van der Waals surface area contributed by atoms with Gasteiger partial charge in [-0.25, -0.2) is 8.42 Å². The zero-order valence-corrected chi connectivity index (χ0v) is 14.4. The summed E-state index contributed by atoms with van der Waals surface area (Å²) in [6, 6.07) is -0.0315. The molecule has 0 aromatic carbocycles. The molecule has 1 N–H and O–H groups in total. The lowest BCUT2D eigenvalue weighted by molar-refractivity contribution is 0.283. The van der Waals surface area contributed by atoms with Crippen LogP contribution in [0.1, 0.15) is 32.2 Å². The summed E-state index contributed by atoms with van der Waals surface area (Å²) in [7, 11) is -3.48. The monoisotopic (exact) mass is 314 g/mol. The Morgan fingerprint density at radius 2 is 2.05 bits per heavy atom. The van der Waals surface area contributed by atoms with Gasteiger partial charge in [0.15, 0.2) is 0 Å². The summed E-state index contributed by atoms with van der Waals surface area (Å²) in [5.41, 5.74) is 1.34. The second-order valence-electron chi connectivity index (χ2n) is 6.24. The van der Waals surface area contributed by atoms with Crippen molar-refractivity contribution in [3.8, 4) is 0 Å². The second kappa shape index (κ2) is 6.06. The molecular formula is C14H26N4O2S. The van der Waals surface area contributed by atoms with Crippen LogP contribution in [0.5, 0.6) is 0 Å². The van der Waals surface area contributed by atoms with Crippen LogP contribution in [0.15, 0.2) is 4.90 Å². The number of sulfonamides is 1. The number of rotatable bonds is 4. The second-order valence-corrected chi connectivity index (χ2v) is 8.07. The van der Waals surface area contributed by atoms with Crippen molar-refractivity contribution >= 4 is 10.0 Å². The van der Waals surface area contributed by atoms with Crippen molar-refractivity contribution in [2.45, 2.75) is 52.1 Å². The average Bonchev–Trinajstić information content (AvgIpc) is 2.64. The molecule has 0 amide bonds. The fourth-order valence-corrected chi connectivity index (χ4v) is 4.88. The van der Waals surface area contributed by atoms with Crippen LogP contribution < -0.4 is 5.32 Å². The van der Waals surface area contributed by atoms with Crippen LogP contribution in [-0.4, -0.2) is 48.2 Å². The zero-order valence-electron chi connectivity index (χ0n) is 13.5. The van der Waals surface area contributed by atoms with E-state index in [2.05, 4.69) is 24.3 Å². The highest BCUT2D eigenvalue weighted by Crippen LogP contribution is 2.26. The minimum absolute atomic E-state index is 0.0315. The van der Waals surface area contributed by atoms with E-state index in [9.17, 15) is 8.42 Å². The van der Waals surface area contributed by atoms with Crippen LogP contribution in [-0.2, 0) is 16.6 Å². The van der Waals surface area contributed by atoms with Gasteiger partial charge in [-0.1, -0.05) is 13.8 Å². The molecule has 7 heteroatoms. The van der Waals surface area contributed by atoms with E-state index in [0.717, 1.165) is 12.2 Å². The van der Waals surface area contributed by atoms with Gasteiger partial charge in [-0.2, -0.15) is 9.40 Å². The van der Waals surface area contributed by atoms with Crippen LogP contribution >= 0.6 is 0 Å². The number of aromatic nitrogens is 2. The number of nitrogens with zero attached hydrogens (tertiary/aromatic N) is 3. The minimum atomic E-state index is -3.48. The first-order valence-corrected chi connectivity index (χ1v) is 8.95. The Morgan fingerprint density at radius 3 is 2.62 bits per heavy atom. The third-order valence-corrected chi connectivity index (χ3v) is 6.13. The van der Waals surface area contributed by atoms with E-state index in [4.69, 9.17) is 0 Å². The summed E-state index contributed by atoms with van der Waals surface area (Å²) < 4.78 is 29.4. The molecule has 0 aliphatic carbocycles. The van der Waals surface area contributed by atoms with Gasteiger partial charge in [0.25, 0.3) is 0 Å². The first-order chi connectivity index (χ1) is 9.75. The maximum absolute atomic E-state index is 13.0. The number of hydrogen-bond acceptors (Lipinski definition) is 4. The molecular weight excluding hydrogens is 288 g/mol. The Bertz CT molecular complexity index is 607. The number of aryl methyl sites for hydroxylation is 1. The van der Waals surface area contributed by atoms with Crippen molar-refractivity contribution < 1.29 is 8.42 Å². The van der Waals surface area contributed by atoms with Crippen LogP contribution in [0.25, 0.3) is 0 Å². The molecule has 0 spiro atoms. The summed E-state index contributed by atoms with van der Waals surface area (Å²) in [5.74, 6) is 0.427. The lowest BCUT2D eigenvalue weighted by Crippen LogP contribution is -2.52. The quantitative estimate of drug-likeness (QED) is 0.905. The van der Waals surface area contributed by atoms with Gasteiger partial charge in [-0.15, -0.1) is 0 Å². The fraction of sp³-hybridized carbons (Fsp3) is 0.786. The summed E-state index contributed by atoms with van der Waals surface area (Å²) in [5, 5.41) is 7.65. The maximum Gasteiger partial charge on any atom is 0.247 e. The maximum atomic E-state index is 13.0. The standard InChI is InChI=1S/C14H26N4O2S/c1-10(2)9-17-13(5)14(12(4)16-17)21(19,20)18-7-6-15-8-11(18)3/h10-11,15H,6-9H2,1-5H3. The van der Waals surface area contributed by atoms with Crippen LogP contribution in [0.3, 0.4) is 0 Å².